The number of carbonyl (C=O) groups is 1. The molecule has 2 rings (SSSR count). The number of ether oxygens (including phenoxy) is 1. The van der Waals surface area contributed by atoms with Crippen LogP contribution in [0.25, 0.3) is 0 Å². The lowest BCUT2D eigenvalue weighted by atomic mass is 10.1. The highest BCUT2D eigenvalue weighted by atomic mass is 16.5. The van der Waals surface area contributed by atoms with Crippen molar-refractivity contribution in [1.29, 1.82) is 5.26 Å². The van der Waals surface area contributed by atoms with E-state index in [1.54, 1.807) is 55.5 Å². The summed E-state index contributed by atoms with van der Waals surface area (Å²) in [6.07, 6.45) is 0. The number of nitriles is 1. The number of hydrogen-bond acceptors (Lipinski definition) is 3. The molecular weight excluding hydrogens is 252 g/mol. The molecule has 2 aromatic rings. The molecule has 20 heavy (non-hydrogen) atoms. The summed E-state index contributed by atoms with van der Waals surface area (Å²) < 4.78 is 5.09. The van der Waals surface area contributed by atoms with Crippen molar-refractivity contribution in [3.8, 4) is 11.8 Å². The van der Waals surface area contributed by atoms with Gasteiger partial charge in [0.2, 0.25) is 0 Å². The number of rotatable bonds is 3. The van der Waals surface area contributed by atoms with Crippen LogP contribution in [0.3, 0.4) is 0 Å². The third-order valence-electron chi connectivity index (χ3n) is 3.03. The molecule has 0 aliphatic rings. The summed E-state index contributed by atoms with van der Waals surface area (Å²) in [4.78, 5) is 13.9. The fraction of sp³-hybridized carbons (Fsp3) is 0.125. The largest absolute Gasteiger partial charge is 0.497 e. The Balaban J connectivity index is 2.20. The molecule has 0 radical (unpaired) electrons. The summed E-state index contributed by atoms with van der Waals surface area (Å²) in [7, 11) is 3.31. The second kappa shape index (κ2) is 5.89. The van der Waals surface area contributed by atoms with Gasteiger partial charge in [-0.1, -0.05) is 0 Å². The molecule has 100 valence electrons. The lowest BCUT2D eigenvalue weighted by Gasteiger charge is -2.17. The first-order valence-electron chi connectivity index (χ1n) is 6.08. The van der Waals surface area contributed by atoms with Crippen molar-refractivity contribution in [3.05, 3.63) is 59.7 Å². The van der Waals surface area contributed by atoms with Gasteiger partial charge >= 0.3 is 0 Å². The van der Waals surface area contributed by atoms with Gasteiger partial charge in [0.25, 0.3) is 5.91 Å². The number of methoxy groups -OCH3 is 1. The van der Waals surface area contributed by atoms with E-state index in [2.05, 4.69) is 0 Å². The van der Waals surface area contributed by atoms with Crippen LogP contribution in [0, 0.1) is 11.3 Å². The van der Waals surface area contributed by atoms with Crippen LogP contribution in [0.1, 0.15) is 15.9 Å². The Morgan fingerprint density at radius 1 is 1.10 bits per heavy atom. The van der Waals surface area contributed by atoms with Gasteiger partial charge in [-0.25, -0.2) is 0 Å². The lowest BCUT2D eigenvalue weighted by molar-refractivity contribution is 0.0993. The predicted octanol–water partition coefficient (Wildman–Crippen LogP) is 2.84. The number of carbonyl (C=O) groups excluding carboxylic acids is 1. The zero-order valence-electron chi connectivity index (χ0n) is 11.3. The molecule has 0 aromatic heterocycles. The predicted molar refractivity (Wildman–Crippen MR) is 76.9 cm³/mol. The molecular formula is C16H14N2O2. The minimum Gasteiger partial charge on any atom is -0.497 e. The minimum absolute atomic E-state index is 0.125. The molecule has 0 atom stereocenters. The number of anilines is 1. The average molecular weight is 266 g/mol. The molecule has 0 aliphatic carbocycles. The highest BCUT2D eigenvalue weighted by Gasteiger charge is 2.13. The maximum Gasteiger partial charge on any atom is 0.258 e. The first-order chi connectivity index (χ1) is 9.65. The Bertz CT molecular complexity index is 640. The van der Waals surface area contributed by atoms with Crippen molar-refractivity contribution in [2.45, 2.75) is 0 Å². The second-order valence-corrected chi connectivity index (χ2v) is 4.25. The molecule has 0 N–H and O–H groups in total. The Morgan fingerprint density at radius 2 is 1.70 bits per heavy atom. The zero-order chi connectivity index (χ0) is 14.5. The Morgan fingerprint density at radius 3 is 2.20 bits per heavy atom. The number of amides is 1. The Kier molecular flexibility index (Phi) is 4.02. The maximum absolute atomic E-state index is 12.3. The number of hydrogen-bond donors (Lipinski definition) is 0. The Labute approximate surface area is 117 Å². The lowest BCUT2D eigenvalue weighted by Crippen LogP contribution is -2.26. The normalized spacial score (nSPS) is 9.65. The van der Waals surface area contributed by atoms with Crippen LogP contribution in [-0.4, -0.2) is 20.1 Å². The minimum atomic E-state index is -0.125. The molecule has 0 saturated heterocycles. The molecule has 0 aliphatic heterocycles. The van der Waals surface area contributed by atoms with Gasteiger partial charge < -0.3 is 9.64 Å². The molecule has 0 spiro atoms. The van der Waals surface area contributed by atoms with Crippen LogP contribution in [0.15, 0.2) is 48.5 Å². The molecule has 4 heteroatoms. The van der Waals surface area contributed by atoms with Crippen LogP contribution < -0.4 is 9.64 Å². The first-order valence-corrected chi connectivity index (χ1v) is 6.08. The smallest absolute Gasteiger partial charge is 0.258 e. The summed E-state index contributed by atoms with van der Waals surface area (Å²) in [5, 5.41) is 8.75. The topological polar surface area (TPSA) is 53.3 Å². The van der Waals surface area contributed by atoms with Crippen molar-refractivity contribution in [1.82, 2.24) is 0 Å². The van der Waals surface area contributed by atoms with Gasteiger partial charge in [0.05, 0.1) is 18.7 Å². The van der Waals surface area contributed by atoms with Crippen molar-refractivity contribution < 1.29 is 9.53 Å². The number of benzene rings is 2. The monoisotopic (exact) mass is 266 g/mol. The maximum atomic E-state index is 12.3. The summed E-state index contributed by atoms with van der Waals surface area (Å²) in [6.45, 7) is 0. The SMILES string of the molecule is COc1ccc(N(C)C(=O)c2ccc(C#N)cc2)cc1. The van der Waals surface area contributed by atoms with Gasteiger partial charge in [-0.05, 0) is 48.5 Å². The van der Waals surface area contributed by atoms with Crippen LogP contribution in [0.2, 0.25) is 0 Å². The van der Waals surface area contributed by atoms with E-state index < -0.39 is 0 Å². The third-order valence-corrected chi connectivity index (χ3v) is 3.03. The van der Waals surface area contributed by atoms with Gasteiger partial charge in [0, 0.05) is 18.3 Å². The summed E-state index contributed by atoms with van der Waals surface area (Å²) >= 11 is 0. The highest BCUT2D eigenvalue weighted by molar-refractivity contribution is 6.05. The van der Waals surface area contributed by atoms with E-state index >= 15 is 0 Å². The molecule has 0 bridgehead atoms. The fourth-order valence-electron chi connectivity index (χ4n) is 1.80. The van der Waals surface area contributed by atoms with Crippen molar-refractivity contribution in [2.24, 2.45) is 0 Å². The molecule has 0 saturated carbocycles. The van der Waals surface area contributed by atoms with Crippen LogP contribution in [0.4, 0.5) is 5.69 Å². The van der Waals surface area contributed by atoms with E-state index in [-0.39, 0.29) is 5.91 Å². The van der Waals surface area contributed by atoms with Gasteiger partial charge in [-0.2, -0.15) is 5.26 Å². The van der Waals surface area contributed by atoms with Gasteiger partial charge in [-0.3, -0.25) is 4.79 Å². The fourth-order valence-corrected chi connectivity index (χ4v) is 1.80. The molecule has 4 nitrogen and oxygen atoms in total. The zero-order valence-corrected chi connectivity index (χ0v) is 11.3. The first kappa shape index (κ1) is 13.6. The second-order valence-electron chi connectivity index (χ2n) is 4.25. The number of nitrogens with zero attached hydrogens (tertiary/aromatic N) is 2. The van der Waals surface area contributed by atoms with E-state index in [9.17, 15) is 4.79 Å². The molecule has 1 amide bonds. The average Bonchev–Trinajstić information content (AvgIpc) is 2.53. The van der Waals surface area contributed by atoms with Crippen LogP contribution in [-0.2, 0) is 0 Å². The van der Waals surface area contributed by atoms with E-state index in [1.807, 2.05) is 18.2 Å². The van der Waals surface area contributed by atoms with Crippen LogP contribution in [0.5, 0.6) is 5.75 Å². The summed E-state index contributed by atoms with van der Waals surface area (Å²) in [6, 6.07) is 15.8. The van der Waals surface area contributed by atoms with Gasteiger partial charge in [0.15, 0.2) is 0 Å². The van der Waals surface area contributed by atoms with E-state index in [0.717, 1.165) is 11.4 Å². The summed E-state index contributed by atoms with van der Waals surface area (Å²) in [5.41, 5.74) is 1.86. The molecule has 0 fully saturated rings. The van der Waals surface area contributed by atoms with E-state index in [1.165, 1.54) is 0 Å². The van der Waals surface area contributed by atoms with Crippen LogP contribution >= 0.6 is 0 Å². The quantitative estimate of drug-likeness (QED) is 0.858. The standard InChI is InChI=1S/C16H14N2O2/c1-18(14-7-9-15(20-2)10-8-14)16(19)13-5-3-12(11-17)4-6-13/h3-10H,1-2H3. The molecule has 0 heterocycles. The molecule has 2 aromatic carbocycles. The van der Waals surface area contributed by atoms with Crippen molar-refractivity contribution in [3.63, 3.8) is 0 Å². The Hall–Kier alpha value is -2.80. The van der Waals surface area contributed by atoms with E-state index in [0.29, 0.717) is 11.1 Å². The molecule has 0 unspecified atom stereocenters. The summed E-state index contributed by atoms with van der Waals surface area (Å²) in [5.74, 6) is 0.618. The third kappa shape index (κ3) is 2.78. The van der Waals surface area contributed by atoms with Crippen molar-refractivity contribution in [2.75, 3.05) is 19.1 Å². The van der Waals surface area contributed by atoms with Gasteiger partial charge in [0.1, 0.15) is 5.75 Å². The van der Waals surface area contributed by atoms with Crippen molar-refractivity contribution >= 4 is 11.6 Å². The highest BCUT2D eigenvalue weighted by Crippen LogP contribution is 2.20. The van der Waals surface area contributed by atoms with E-state index in [4.69, 9.17) is 10.00 Å². The van der Waals surface area contributed by atoms with Gasteiger partial charge in [-0.15, -0.1) is 0 Å².